The number of aliphatic carboxylic acids is 1. The van der Waals surface area contributed by atoms with Gasteiger partial charge in [-0.05, 0) is 69.4 Å². The van der Waals surface area contributed by atoms with E-state index in [0.29, 0.717) is 25.9 Å². The summed E-state index contributed by atoms with van der Waals surface area (Å²) in [5.74, 6) is -0.240. The number of rotatable bonds is 10. The molecule has 0 spiro atoms. The number of nitrogens with zero attached hydrogens (tertiary/aromatic N) is 1. The average molecular weight is 565 g/mol. The fraction of sp³-hybridized carbons (Fsp3) is 0.406. The van der Waals surface area contributed by atoms with Crippen molar-refractivity contribution in [1.82, 2.24) is 10.2 Å². The summed E-state index contributed by atoms with van der Waals surface area (Å²) < 4.78 is 32.4. The van der Waals surface area contributed by atoms with Crippen molar-refractivity contribution < 1.29 is 23.1 Å². The molecule has 0 amide bonds. The lowest BCUT2D eigenvalue weighted by Gasteiger charge is -2.46. The summed E-state index contributed by atoms with van der Waals surface area (Å²) in [4.78, 5) is 14.9. The van der Waals surface area contributed by atoms with E-state index in [1.165, 1.54) is 0 Å². The van der Waals surface area contributed by atoms with Crippen LogP contribution < -0.4 is 10.1 Å². The number of methoxy groups -OCH3 is 1. The molecule has 1 heterocycles. The minimum atomic E-state index is -3.72. The van der Waals surface area contributed by atoms with Gasteiger partial charge in [0.15, 0.2) is 9.84 Å². The topological polar surface area (TPSA) is 95.9 Å². The van der Waals surface area contributed by atoms with Crippen molar-refractivity contribution >= 4 is 15.8 Å². The Balaban J connectivity index is 1.54. The van der Waals surface area contributed by atoms with E-state index in [4.69, 9.17) is 4.74 Å². The highest BCUT2D eigenvalue weighted by molar-refractivity contribution is 7.92. The Labute approximate surface area is 238 Å². The highest BCUT2D eigenvalue weighted by Crippen LogP contribution is 2.37. The molecule has 0 aliphatic carbocycles. The van der Waals surface area contributed by atoms with E-state index in [0.717, 1.165) is 22.4 Å². The second-order valence-electron chi connectivity index (χ2n) is 11.5. The van der Waals surface area contributed by atoms with Gasteiger partial charge in [-0.15, -0.1) is 0 Å². The van der Waals surface area contributed by atoms with Crippen molar-refractivity contribution in [2.24, 2.45) is 0 Å². The lowest BCUT2D eigenvalue weighted by molar-refractivity contribution is -0.139. The van der Waals surface area contributed by atoms with Crippen LogP contribution in [0.4, 0.5) is 0 Å². The molecule has 1 atom stereocenters. The summed E-state index contributed by atoms with van der Waals surface area (Å²) in [5, 5.41) is 13.2. The summed E-state index contributed by atoms with van der Waals surface area (Å²) in [7, 11) is -2.09. The zero-order chi connectivity index (χ0) is 29.0. The predicted octanol–water partition coefficient (Wildman–Crippen LogP) is 5.05. The summed E-state index contributed by atoms with van der Waals surface area (Å²) in [5.41, 5.74) is 2.70. The SMILES string of the molecule is COc1ccccc1-c1ccc(C[C@H](NCC2(S(=O)(=O)c3ccccc3)CCN(C(C)(C)C)CC2)C(=O)O)cc1. The van der Waals surface area contributed by atoms with Crippen molar-refractivity contribution in [3.8, 4) is 16.9 Å². The van der Waals surface area contributed by atoms with Gasteiger partial charge in [0.25, 0.3) is 0 Å². The molecule has 3 aromatic carbocycles. The van der Waals surface area contributed by atoms with Gasteiger partial charge in [-0.1, -0.05) is 60.7 Å². The Hall–Kier alpha value is -3.20. The Morgan fingerprint density at radius 2 is 1.57 bits per heavy atom. The molecule has 0 saturated carbocycles. The van der Waals surface area contributed by atoms with E-state index in [1.54, 1.807) is 37.4 Å². The van der Waals surface area contributed by atoms with Crippen molar-refractivity contribution in [3.63, 3.8) is 0 Å². The molecule has 0 radical (unpaired) electrons. The molecule has 8 heteroatoms. The number of carboxylic acids is 1. The van der Waals surface area contributed by atoms with Crippen LogP contribution >= 0.6 is 0 Å². The molecule has 0 bridgehead atoms. The zero-order valence-electron chi connectivity index (χ0n) is 23.8. The minimum absolute atomic E-state index is 0.0679. The third-order valence-corrected chi connectivity index (χ3v) is 10.6. The zero-order valence-corrected chi connectivity index (χ0v) is 24.6. The standard InChI is InChI=1S/C32H40N2O5S/c1-31(2,3)34-20-18-32(19-21-34,40(37,38)26-10-6-5-7-11-26)23-33-28(30(35)36)22-24-14-16-25(17-15-24)27-12-8-9-13-29(27)39-4/h5-17,28,33H,18-23H2,1-4H3,(H,35,36)/t28-/m0/s1. The molecule has 0 unspecified atom stereocenters. The first-order chi connectivity index (χ1) is 19.0. The van der Waals surface area contributed by atoms with E-state index < -0.39 is 26.6 Å². The molecule has 1 aliphatic heterocycles. The maximum Gasteiger partial charge on any atom is 0.321 e. The van der Waals surface area contributed by atoms with E-state index in [-0.39, 0.29) is 23.4 Å². The van der Waals surface area contributed by atoms with Crippen LogP contribution in [0.15, 0.2) is 83.8 Å². The van der Waals surface area contributed by atoms with Gasteiger partial charge >= 0.3 is 5.97 Å². The molecular weight excluding hydrogens is 524 g/mol. The molecule has 1 saturated heterocycles. The van der Waals surface area contributed by atoms with E-state index in [9.17, 15) is 18.3 Å². The molecule has 40 heavy (non-hydrogen) atoms. The van der Waals surface area contributed by atoms with Crippen LogP contribution in [0.3, 0.4) is 0 Å². The van der Waals surface area contributed by atoms with Crippen LogP contribution in [0, 0.1) is 0 Å². The molecular formula is C32H40N2O5S. The van der Waals surface area contributed by atoms with E-state index in [1.807, 2.05) is 48.5 Å². The quantitative estimate of drug-likeness (QED) is 0.356. The highest BCUT2D eigenvalue weighted by atomic mass is 32.2. The molecule has 3 aromatic rings. The van der Waals surface area contributed by atoms with Crippen LogP contribution in [-0.2, 0) is 21.1 Å². The second kappa shape index (κ2) is 12.1. The third-order valence-electron chi connectivity index (χ3n) is 8.03. The van der Waals surface area contributed by atoms with Gasteiger partial charge in [0.05, 0.1) is 16.8 Å². The number of nitrogens with one attached hydrogen (secondary N) is 1. The van der Waals surface area contributed by atoms with E-state index in [2.05, 4.69) is 31.0 Å². The first kappa shape index (κ1) is 29.8. The number of para-hydroxylation sites is 1. The molecule has 4 rings (SSSR count). The summed E-state index contributed by atoms with van der Waals surface area (Å²) >= 11 is 0. The maximum atomic E-state index is 14.0. The fourth-order valence-electron chi connectivity index (χ4n) is 5.47. The predicted molar refractivity (Wildman–Crippen MR) is 158 cm³/mol. The number of carboxylic acid groups (broad SMARTS) is 1. The van der Waals surface area contributed by atoms with Gasteiger partial charge in [0.2, 0.25) is 0 Å². The van der Waals surface area contributed by atoms with Gasteiger partial charge in [-0.25, -0.2) is 8.42 Å². The number of sulfone groups is 1. The fourth-order valence-corrected chi connectivity index (χ4v) is 7.48. The van der Waals surface area contributed by atoms with Gasteiger partial charge in [-0.3, -0.25) is 9.69 Å². The van der Waals surface area contributed by atoms with Crippen molar-refractivity contribution in [3.05, 3.63) is 84.4 Å². The Kier molecular flexibility index (Phi) is 9.02. The monoisotopic (exact) mass is 564 g/mol. The van der Waals surface area contributed by atoms with Gasteiger partial charge < -0.3 is 15.2 Å². The number of hydrogen-bond donors (Lipinski definition) is 2. The smallest absolute Gasteiger partial charge is 0.321 e. The van der Waals surface area contributed by atoms with Crippen molar-refractivity contribution in [2.75, 3.05) is 26.7 Å². The molecule has 7 nitrogen and oxygen atoms in total. The number of benzene rings is 3. The average Bonchev–Trinajstić information content (AvgIpc) is 2.95. The van der Waals surface area contributed by atoms with Crippen LogP contribution in [0.2, 0.25) is 0 Å². The number of carbonyl (C=O) groups is 1. The first-order valence-corrected chi connectivity index (χ1v) is 15.2. The number of ether oxygens (including phenoxy) is 1. The van der Waals surface area contributed by atoms with Gasteiger partial charge in [-0.2, -0.15) is 0 Å². The van der Waals surface area contributed by atoms with Gasteiger partial charge in [0, 0.05) is 30.7 Å². The Morgan fingerprint density at radius 1 is 0.975 bits per heavy atom. The van der Waals surface area contributed by atoms with Crippen molar-refractivity contribution in [1.29, 1.82) is 0 Å². The van der Waals surface area contributed by atoms with Crippen LogP contribution in [0.25, 0.3) is 11.1 Å². The number of hydrogen-bond acceptors (Lipinski definition) is 6. The first-order valence-electron chi connectivity index (χ1n) is 13.7. The molecule has 1 fully saturated rings. The van der Waals surface area contributed by atoms with Crippen LogP contribution in [0.5, 0.6) is 5.75 Å². The lowest BCUT2D eigenvalue weighted by atomic mass is 9.91. The Morgan fingerprint density at radius 3 is 2.15 bits per heavy atom. The molecule has 214 valence electrons. The van der Waals surface area contributed by atoms with E-state index >= 15 is 0 Å². The highest BCUT2D eigenvalue weighted by Gasteiger charge is 2.48. The lowest BCUT2D eigenvalue weighted by Crippen LogP contribution is -2.59. The van der Waals surface area contributed by atoms with Crippen LogP contribution in [-0.4, -0.2) is 67.5 Å². The largest absolute Gasteiger partial charge is 0.496 e. The summed E-state index contributed by atoms with van der Waals surface area (Å²) in [6.07, 6.45) is 1.08. The summed E-state index contributed by atoms with van der Waals surface area (Å²) in [6.45, 7) is 7.70. The number of piperidine rings is 1. The van der Waals surface area contributed by atoms with Gasteiger partial charge in [0.1, 0.15) is 11.8 Å². The number of likely N-dealkylation sites (tertiary alicyclic amines) is 1. The van der Waals surface area contributed by atoms with Crippen LogP contribution in [0.1, 0.15) is 39.2 Å². The maximum absolute atomic E-state index is 14.0. The van der Waals surface area contributed by atoms with Crippen molar-refractivity contribution in [2.45, 2.75) is 61.3 Å². The molecule has 0 aromatic heterocycles. The molecule has 1 aliphatic rings. The normalized spacial score (nSPS) is 16.8. The Bertz CT molecular complexity index is 1390. The summed E-state index contributed by atoms with van der Waals surface area (Å²) in [6, 6.07) is 23.1. The molecule has 2 N–H and O–H groups in total. The third kappa shape index (κ3) is 6.40. The minimum Gasteiger partial charge on any atom is -0.496 e. The second-order valence-corrected chi connectivity index (χ2v) is 13.9.